The highest BCUT2D eigenvalue weighted by Gasteiger charge is 2.29. The highest BCUT2D eigenvalue weighted by atomic mass is 32.2. The van der Waals surface area contributed by atoms with Gasteiger partial charge in [0.1, 0.15) is 5.82 Å². The van der Waals surface area contributed by atoms with Gasteiger partial charge in [0.05, 0.1) is 6.54 Å². The molecule has 0 aliphatic carbocycles. The number of amides is 1. The number of thioether (sulfide) groups is 1. The number of halogens is 1. The summed E-state index contributed by atoms with van der Waals surface area (Å²) in [6, 6.07) is 5.67. The molecular formula is C16H23FN4OS. The lowest BCUT2D eigenvalue weighted by atomic mass is 10.1. The Bertz CT molecular complexity index is 556. The Labute approximate surface area is 140 Å². The zero-order valence-electron chi connectivity index (χ0n) is 13.5. The molecule has 5 nitrogen and oxygen atoms in total. The normalized spacial score (nSPS) is 21.1. The van der Waals surface area contributed by atoms with E-state index in [2.05, 4.69) is 27.9 Å². The van der Waals surface area contributed by atoms with Gasteiger partial charge in [0.15, 0.2) is 5.96 Å². The van der Waals surface area contributed by atoms with Crippen LogP contribution in [-0.2, 0) is 4.79 Å². The van der Waals surface area contributed by atoms with Crippen LogP contribution in [0.3, 0.4) is 0 Å². The first-order valence-electron chi connectivity index (χ1n) is 7.65. The van der Waals surface area contributed by atoms with Crippen molar-refractivity contribution in [1.82, 2.24) is 10.6 Å². The van der Waals surface area contributed by atoms with Crippen LogP contribution >= 0.6 is 11.8 Å². The van der Waals surface area contributed by atoms with Crippen molar-refractivity contribution in [2.24, 2.45) is 4.99 Å². The third-order valence-electron chi connectivity index (χ3n) is 3.70. The van der Waals surface area contributed by atoms with Crippen molar-refractivity contribution in [2.75, 3.05) is 31.2 Å². The second kappa shape index (κ2) is 8.19. The van der Waals surface area contributed by atoms with Crippen LogP contribution in [0.2, 0.25) is 0 Å². The number of carbonyl (C=O) groups excluding carboxylic acids is 1. The molecule has 1 aliphatic rings. The molecule has 1 atom stereocenters. The van der Waals surface area contributed by atoms with Gasteiger partial charge in [-0.2, -0.15) is 11.8 Å². The summed E-state index contributed by atoms with van der Waals surface area (Å²) in [6.45, 7) is 3.16. The quantitative estimate of drug-likeness (QED) is 0.569. The zero-order chi connectivity index (χ0) is 16.7. The molecule has 0 radical (unpaired) electrons. The highest BCUT2D eigenvalue weighted by Crippen LogP contribution is 2.36. The largest absolute Gasteiger partial charge is 0.355 e. The van der Waals surface area contributed by atoms with Crippen molar-refractivity contribution in [3.8, 4) is 0 Å². The van der Waals surface area contributed by atoms with E-state index in [0.717, 1.165) is 6.54 Å². The first-order valence-corrected chi connectivity index (χ1v) is 8.63. The number of rotatable bonds is 5. The van der Waals surface area contributed by atoms with Crippen LogP contribution in [0.15, 0.2) is 29.3 Å². The molecule has 0 spiro atoms. The molecule has 126 valence electrons. The number of hydrogen-bond acceptors (Lipinski definition) is 3. The van der Waals surface area contributed by atoms with Crippen LogP contribution in [0.4, 0.5) is 10.1 Å². The maximum absolute atomic E-state index is 12.8. The summed E-state index contributed by atoms with van der Waals surface area (Å²) in [7, 11) is 1.68. The highest BCUT2D eigenvalue weighted by molar-refractivity contribution is 8.00. The monoisotopic (exact) mass is 338 g/mol. The van der Waals surface area contributed by atoms with Gasteiger partial charge in [-0.05, 0) is 49.8 Å². The summed E-state index contributed by atoms with van der Waals surface area (Å²) >= 11 is 1.97. The van der Waals surface area contributed by atoms with Gasteiger partial charge in [0, 0.05) is 24.0 Å². The molecule has 1 fully saturated rings. The lowest BCUT2D eigenvalue weighted by Gasteiger charge is -2.24. The fourth-order valence-corrected chi connectivity index (χ4v) is 3.61. The Morgan fingerprint density at radius 2 is 2.09 bits per heavy atom. The average Bonchev–Trinajstić information content (AvgIpc) is 2.97. The molecule has 1 unspecified atom stereocenters. The number of nitrogens with zero attached hydrogens (tertiary/aromatic N) is 1. The lowest BCUT2D eigenvalue weighted by Crippen LogP contribution is -2.45. The summed E-state index contributed by atoms with van der Waals surface area (Å²) in [4.78, 5) is 16.0. The van der Waals surface area contributed by atoms with Gasteiger partial charge in [-0.3, -0.25) is 9.79 Å². The molecule has 3 N–H and O–H groups in total. The van der Waals surface area contributed by atoms with E-state index in [1.807, 2.05) is 11.8 Å². The Hall–Kier alpha value is -1.76. The number of nitrogens with one attached hydrogen (secondary N) is 3. The maximum Gasteiger partial charge on any atom is 0.243 e. The summed E-state index contributed by atoms with van der Waals surface area (Å²) < 4.78 is 13.0. The van der Waals surface area contributed by atoms with Gasteiger partial charge in [-0.25, -0.2) is 4.39 Å². The second-order valence-electron chi connectivity index (χ2n) is 5.74. The Kier molecular flexibility index (Phi) is 6.27. The first-order chi connectivity index (χ1) is 11.0. The molecule has 0 bridgehead atoms. The predicted molar refractivity (Wildman–Crippen MR) is 94.5 cm³/mol. The molecular weight excluding hydrogens is 315 g/mol. The van der Waals surface area contributed by atoms with E-state index in [-0.39, 0.29) is 23.0 Å². The summed E-state index contributed by atoms with van der Waals surface area (Å²) in [5.74, 6) is 1.27. The number of benzene rings is 1. The first kappa shape index (κ1) is 17.6. The predicted octanol–water partition coefficient (Wildman–Crippen LogP) is 2.21. The van der Waals surface area contributed by atoms with E-state index >= 15 is 0 Å². The maximum atomic E-state index is 12.8. The zero-order valence-corrected chi connectivity index (χ0v) is 14.3. The standard InChI is InChI=1S/C16H23FN4OS/c1-16(8-3-9-23-16)11-20-15(18-2)19-10-14(22)21-13-6-4-12(17)5-7-13/h4-7H,3,8-11H2,1-2H3,(H,21,22)(H2,18,19,20). The van der Waals surface area contributed by atoms with E-state index < -0.39 is 0 Å². The van der Waals surface area contributed by atoms with Gasteiger partial charge in [-0.1, -0.05) is 0 Å². The number of aliphatic imine (C=N–C) groups is 1. The summed E-state index contributed by atoms with van der Waals surface area (Å²) in [5, 5.41) is 8.95. The van der Waals surface area contributed by atoms with E-state index in [1.54, 1.807) is 7.05 Å². The number of guanidine groups is 1. The van der Waals surface area contributed by atoms with Crippen LogP contribution in [0.1, 0.15) is 19.8 Å². The van der Waals surface area contributed by atoms with Gasteiger partial charge in [0.25, 0.3) is 0 Å². The smallest absolute Gasteiger partial charge is 0.243 e. The average molecular weight is 338 g/mol. The minimum atomic E-state index is -0.330. The topological polar surface area (TPSA) is 65.5 Å². The SMILES string of the molecule is CN=C(NCC(=O)Nc1ccc(F)cc1)NCC1(C)CCCS1. The van der Waals surface area contributed by atoms with Crippen LogP contribution in [0, 0.1) is 5.82 Å². The van der Waals surface area contributed by atoms with Crippen LogP contribution in [-0.4, -0.2) is 42.5 Å². The van der Waals surface area contributed by atoms with Crippen LogP contribution in [0.5, 0.6) is 0 Å². The summed E-state index contributed by atoms with van der Waals surface area (Å²) in [5.41, 5.74) is 0.566. The molecule has 1 aliphatic heterocycles. The molecule has 1 aromatic rings. The van der Waals surface area contributed by atoms with E-state index in [9.17, 15) is 9.18 Å². The molecule has 23 heavy (non-hydrogen) atoms. The van der Waals surface area contributed by atoms with Gasteiger partial charge in [-0.15, -0.1) is 0 Å². The lowest BCUT2D eigenvalue weighted by molar-refractivity contribution is -0.115. The van der Waals surface area contributed by atoms with Crippen molar-refractivity contribution in [2.45, 2.75) is 24.5 Å². The molecule has 1 heterocycles. The van der Waals surface area contributed by atoms with E-state index in [0.29, 0.717) is 11.6 Å². The minimum Gasteiger partial charge on any atom is -0.355 e. The van der Waals surface area contributed by atoms with Crippen LogP contribution in [0.25, 0.3) is 0 Å². The van der Waals surface area contributed by atoms with Gasteiger partial charge < -0.3 is 16.0 Å². The molecule has 1 saturated heterocycles. The van der Waals surface area contributed by atoms with Crippen molar-refractivity contribution in [3.63, 3.8) is 0 Å². The van der Waals surface area contributed by atoms with Crippen molar-refractivity contribution >= 4 is 29.3 Å². The van der Waals surface area contributed by atoms with Crippen molar-refractivity contribution in [3.05, 3.63) is 30.1 Å². The third-order valence-corrected chi connectivity index (χ3v) is 5.24. The number of anilines is 1. The second-order valence-corrected chi connectivity index (χ2v) is 7.42. The molecule has 7 heteroatoms. The molecule has 1 aromatic carbocycles. The molecule has 0 saturated carbocycles. The number of carbonyl (C=O) groups is 1. The fraction of sp³-hybridized carbons (Fsp3) is 0.500. The minimum absolute atomic E-state index is 0.0981. The van der Waals surface area contributed by atoms with E-state index in [4.69, 9.17) is 0 Å². The van der Waals surface area contributed by atoms with E-state index in [1.165, 1.54) is 42.9 Å². The Morgan fingerprint density at radius 1 is 1.35 bits per heavy atom. The van der Waals surface area contributed by atoms with Gasteiger partial charge >= 0.3 is 0 Å². The molecule has 1 amide bonds. The van der Waals surface area contributed by atoms with Crippen molar-refractivity contribution < 1.29 is 9.18 Å². The fourth-order valence-electron chi connectivity index (χ4n) is 2.37. The van der Waals surface area contributed by atoms with Gasteiger partial charge in [0.2, 0.25) is 5.91 Å². The van der Waals surface area contributed by atoms with Crippen molar-refractivity contribution in [1.29, 1.82) is 0 Å². The molecule has 2 rings (SSSR count). The Morgan fingerprint density at radius 3 is 2.70 bits per heavy atom. The molecule has 0 aromatic heterocycles. The summed E-state index contributed by atoms with van der Waals surface area (Å²) in [6.07, 6.45) is 2.43. The van der Waals surface area contributed by atoms with Crippen LogP contribution < -0.4 is 16.0 Å². The number of hydrogen-bond donors (Lipinski definition) is 3. The Balaban J connectivity index is 1.74. The third kappa shape index (κ3) is 5.74.